The van der Waals surface area contributed by atoms with Crippen LogP contribution in [-0.2, 0) is 16.0 Å². The number of unbranched alkanes of at least 4 members (excludes halogenated alkanes) is 1. The molecule has 0 saturated carbocycles. The molecule has 2 N–H and O–H groups in total. The third-order valence-electron chi connectivity index (χ3n) is 3.70. The summed E-state index contributed by atoms with van der Waals surface area (Å²) in [6.07, 6.45) is 3.51. The van der Waals surface area contributed by atoms with Gasteiger partial charge < -0.3 is 5.32 Å². The number of Topliss-reactive ketones (excluding diaryl/α,β-unsaturated/α-hetero) is 1. The molecule has 1 atom stereocenters. The number of carbonyl (C=O) groups is 2. The Balaban J connectivity index is 1.75. The van der Waals surface area contributed by atoms with Gasteiger partial charge in [0.2, 0.25) is 5.91 Å². The lowest BCUT2D eigenvalue weighted by molar-refractivity contribution is -0.122. The molecule has 1 aromatic rings. The number of amides is 1. The molecule has 0 radical (unpaired) electrons. The summed E-state index contributed by atoms with van der Waals surface area (Å²) in [5, 5.41) is 6.89. The molecule has 1 aliphatic rings. The van der Waals surface area contributed by atoms with Gasteiger partial charge in [-0.3, -0.25) is 15.0 Å². The van der Waals surface area contributed by atoms with Crippen LogP contribution in [0.15, 0.2) is 35.4 Å². The third kappa shape index (κ3) is 4.69. The van der Waals surface area contributed by atoms with Gasteiger partial charge >= 0.3 is 0 Å². The minimum absolute atomic E-state index is 0.0141. The Morgan fingerprint density at radius 2 is 2.09 bits per heavy atom. The lowest BCUT2D eigenvalue weighted by atomic mass is 10.0. The summed E-state index contributed by atoms with van der Waals surface area (Å²) in [4.78, 5) is 24.1. The number of carbonyl (C=O) groups excluding carboxylic acids is 2. The van der Waals surface area contributed by atoms with Crippen LogP contribution in [0.1, 0.15) is 38.2 Å². The zero-order chi connectivity index (χ0) is 15.8. The Hall–Kier alpha value is -2.17. The van der Waals surface area contributed by atoms with Gasteiger partial charge in [-0.25, -0.2) is 0 Å². The van der Waals surface area contributed by atoms with Gasteiger partial charge in [0.25, 0.3) is 0 Å². The van der Waals surface area contributed by atoms with Crippen LogP contribution >= 0.6 is 0 Å². The zero-order valence-electron chi connectivity index (χ0n) is 13.0. The molecule has 5 nitrogen and oxygen atoms in total. The van der Waals surface area contributed by atoms with Crippen molar-refractivity contribution in [2.75, 3.05) is 6.54 Å². The molecule has 5 heteroatoms. The predicted molar refractivity (Wildman–Crippen MR) is 86.7 cm³/mol. The summed E-state index contributed by atoms with van der Waals surface area (Å²) in [6.45, 7) is 2.75. The highest BCUT2D eigenvalue weighted by atomic mass is 16.2. The van der Waals surface area contributed by atoms with E-state index in [4.69, 9.17) is 0 Å². The minimum atomic E-state index is -0.410. The Bertz CT molecular complexity index is 540. The molecule has 0 spiro atoms. The number of ketones is 1. The van der Waals surface area contributed by atoms with Gasteiger partial charge in [0, 0.05) is 19.4 Å². The number of aryl methyl sites for hydroxylation is 1. The second-order valence-corrected chi connectivity index (χ2v) is 5.50. The van der Waals surface area contributed by atoms with E-state index in [9.17, 15) is 9.59 Å². The zero-order valence-corrected chi connectivity index (χ0v) is 13.0. The van der Waals surface area contributed by atoms with Crippen LogP contribution in [0.25, 0.3) is 0 Å². The van der Waals surface area contributed by atoms with E-state index in [-0.39, 0.29) is 11.7 Å². The average molecular weight is 301 g/mol. The van der Waals surface area contributed by atoms with Crippen molar-refractivity contribution < 1.29 is 9.59 Å². The highest BCUT2D eigenvalue weighted by Crippen LogP contribution is 2.09. The molecule has 0 fully saturated rings. The van der Waals surface area contributed by atoms with Crippen LogP contribution in [0.4, 0.5) is 0 Å². The standard InChI is InChI=1S/C17H23N3O2/c1-2-3-11-18-17(22)15-12-14(19-20-15)16(21)10-9-13-7-5-4-6-8-13/h4-8,15,20H,2-3,9-12H2,1H3,(H,18,22). The first kappa shape index (κ1) is 16.2. The summed E-state index contributed by atoms with van der Waals surface area (Å²) < 4.78 is 0. The van der Waals surface area contributed by atoms with Crippen molar-refractivity contribution in [3.63, 3.8) is 0 Å². The van der Waals surface area contributed by atoms with E-state index in [0.717, 1.165) is 18.4 Å². The van der Waals surface area contributed by atoms with Crippen LogP contribution < -0.4 is 10.7 Å². The second kappa shape index (κ2) is 8.32. The molecule has 0 aromatic heterocycles. The van der Waals surface area contributed by atoms with Gasteiger partial charge in [-0.2, -0.15) is 5.10 Å². The van der Waals surface area contributed by atoms with Crippen LogP contribution in [-0.4, -0.2) is 30.0 Å². The molecule has 2 rings (SSSR count). The minimum Gasteiger partial charge on any atom is -0.354 e. The number of benzene rings is 1. The number of nitrogens with one attached hydrogen (secondary N) is 2. The smallest absolute Gasteiger partial charge is 0.244 e. The quantitative estimate of drug-likeness (QED) is 0.720. The van der Waals surface area contributed by atoms with Crippen molar-refractivity contribution in [1.29, 1.82) is 0 Å². The molecule has 0 aliphatic carbocycles. The van der Waals surface area contributed by atoms with Crippen molar-refractivity contribution in [3.8, 4) is 0 Å². The van der Waals surface area contributed by atoms with Gasteiger partial charge in [-0.15, -0.1) is 0 Å². The number of hydrogen-bond acceptors (Lipinski definition) is 4. The second-order valence-electron chi connectivity index (χ2n) is 5.50. The first-order valence-corrected chi connectivity index (χ1v) is 7.87. The van der Waals surface area contributed by atoms with Crippen LogP contribution in [0.2, 0.25) is 0 Å². The van der Waals surface area contributed by atoms with Gasteiger partial charge in [-0.05, 0) is 18.4 Å². The molecule has 0 bridgehead atoms. The van der Waals surface area contributed by atoms with E-state index >= 15 is 0 Å². The topological polar surface area (TPSA) is 70.6 Å². The van der Waals surface area contributed by atoms with Crippen molar-refractivity contribution in [2.45, 2.75) is 45.1 Å². The Kier molecular flexibility index (Phi) is 6.13. The lowest BCUT2D eigenvalue weighted by Gasteiger charge is -2.10. The lowest BCUT2D eigenvalue weighted by Crippen LogP contribution is -2.40. The SMILES string of the molecule is CCCCNC(=O)C1CC(C(=O)CCc2ccccc2)=NN1. The number of hydrogen-bond donors (Lipinski definition) is 2. The van der Waals surface area contributed by atoms with Gasteiger partial charge in [0.1, 0.15) is 11.8 Å². The highest BCUT2D eigenvalue weighted by molar-refractivity contribution is 6.40. The fraction of sp³-hybridized carbons (Fsp3) is 0.471. The van der Waals surface area contributed by atoms with E-state index in [0.29, 0.717) is 31.5 Å². The summed E-state index contributed by atoms with van der Waals surface area (Å²) in [6, 6.07) is 9.49. The number of hydrazone groups is 1. The fourth-order valence-electron chi connectivity index (χ4n) is 2.33. The van der Waals surface area contributed by atoms with Crippen LogP contribution in [0.5, 0.6) is 0 Å². The molecular formula is C17H23N3O2. The average Bonchev–Trinajstić information content (AvgIpc) is 3.04. The van der Waals surface area contributed by atoms with Crippen molar-refractivity contribution in [3.05, 3.63) is 35.9 Å². The molecule has 22 heavy (non-hydrogen) atoms. The van der Waals surface area contributed by atoms with Crippen LogP contribution in [0, 0.1) is 0 Å². The van der Waals surface area contributed by atoms with E-state index in [1.807, 2.05) is 30.3 Å². The molecule has 1 aliphatic heterocycles. The Morgan fingerprint density at radius 1 is 1.32 bits per heavy atom. The largest absolute Gasteiger partial charge is 0.354 e. The molecule has 1 heterocycles. The van der Waals surface area contributed by atoms with E-state index in [2.05, 4.69) is 22.8 Å². The summed E-state index contributed by atoms with van der Waals surface area (Å²) in [5.41, 5.74) is 4.38. The monoisotopic (exact) mass is 301 g/mol. The molecule has 1 unspecified atom stereocenters. The predicted octanol–water partition coefficient (Wildman–Crippen LogP) is 1.82. The third-order valence-corrected chi connectivity index (χ3v) is 3.70. The Morgan fingerprint density at radius 3 is 2.82 bits per heavy atom. The normalized spacial score (nSPS) is 16.8. The maximum atomic E-state index is 12.1. The molecule has 0 saturated heterocycles. The molecule has 118 valence electrons. The summed E-state index contributed by atoms with van der Waals surface area (Å²) in [7, 11) is 0. The van der Waals surface area contributed by atoms with Crippen molar-refractivity contribution >= 4 is 17.4 Å². The van der Waals surface area contributed by atoms with Crippen molar-refractivity contribution in [2.24, 2.45) is 5.10 Å². The van der Waals surface area contributed by atoms with Gasteiger partial charge in [0.15, 0.2) is 5.78 Å². The number of rotatable bonds is 8. The first-order valence-electron chi connectivity index (χ1n) is 7.87. The fourth-order valence-corrected chi connectivity index (χ4v) is 2.33. The first-order chi connectivity index (χ1) is 10.7. The molecule has 1 amide bonds. The van der Waals surface area contributed by atoms with Gasteiger partial charge in [-0.1, -0.05) is 43.7 Å². The Labute approximate surface area is 131 Å². The summed E-state index contributed by atoms with van der Waals surface area (Å²) >= 11 is 0. The molecule has 1 aromatic carbocycles. The van der Waals surface area contributed by atoms with E-state index in [1.54, 1.807) is 0 Å². The van der Waals surface area contributed by atoms with Gasteiger partial charge in [0.05, 0.1) is 0 Å². The van der Waals surface area contributed by atoms with E-state index < -0.39 is 6.04 Å². The molecular weight excluding hydrogens is 278 g/mol. The van der Waals surface area contributed by atoms with Crippen molar-refractivity contribution in [1.82, 2.24) is 10.7 Å². The van der Waals surface area contributed by atoms with E-state index in [1.165, 1.54) is 0 Å². The maximum absolute atomic E-state index is 12.1. The number of nitrogens with zero attached hydrogens (tertiary/aromatic N) is 1. The van der Waals surface area contributed by atoms with Crippen LogP contribution in [0.3, 0.4) is 0 Å². The maximum Gasteiger partial charge on any atom is 0.244 e. The summed E-state index contributed by atoms with van der Waals surface area (Å²) in [5.74, 6) is -0.0664. The highest BCUT2D eigenvalue weighted by Gasteiger charge is 2.28.